The molecule has 1 aromatic carbocycles. The number of hydrogen-bond donors (Lipinski definition) is 1. The number of halogens is 3. The summed E-state index contributed by atoms with van der Waals surface area (Å²) in [5.74, 6) is -1.79. The molecule has 1 aromatic heterocycles. The smallest absolute Gasteiger partial charge is 0.340 e. The third kappa shape index (κ3) is 2.43. The van der Waals surface area contributed by atoms with E-state index < -0.39 is 11.8 Å². The topological polar surface area (TPSA) is 55.1 Å². The summed E-state index contributed by atoms with van der Waals surface area (Å²) in [4.78, 5) is 11.1. The standard InChI is InChI=1S/C12H9Cl2FN2O2/c1-2-9-10(12(18)19)11(14)17(16-9)6-3-4-7(13)8(15)5-6/h3-5H,2H2,1H3,(H,18,19). The lowest BCUT2D eigenvalue weighted by Gasteiger charge is -2.04. The first-order valence-corrected chi connectivity index (χ1v) is 6.17. The van der Waals surface area contributed by atoms with Gasteiger partial charge >= 0.3 is 5.97 Å². The normalized spacial score (nSPS) is 10.7. The fraction of sp³-hybridized carbons (Fsp3) is 0.167. The van der Waals surface area contributed by atoms with Crippen LogP contribution in [0.2, 0.25) is 10.2 Å². The Labute approximate surface area is 118 Å². The van der Waals surface area contributed by atoms with Gasteiger partial charge < -0.3 is 5.11 Å². The van der Waals surface area contributed by atoms with Gasteiger partial charge in [-0.15, -0.1) is 0 Å². The van der Waals surface area contributed by atoms with Gasteiger partial charge in [-0.1, -0.05) is 30.1 Å². The van der Waals surface area contributed by atoms with Crippen molar-refractivity contribution in [2.75, 3.05) is 0 Å². The highest BCUT2D eigenvalue weighted by atomic mass is 35.5. The van der Waals surface area contributed by atoms with Crippen molar-refractivity contribution in [3.05, 3.63) is 45.4 Å². The van der Waals surface area contributed by atoms with Gasteiger partial charge in [-0.05, 0) is 18.6 Å². The van der Waals surface area contributed by atoms with Crippen LogP contribution in [0.25, 0.3) is 5.69 Å². The van der Waals surface area contributed by atoms with Gasteiger partial charge in [0.2, 0.25) is 0 Å². The predicted octanol–water partition coefficient (Wildman–Crippen LogP) is 3.58. The average molecular weight is 303 g/mol. The van der Waals surface area contributed by atoms with Crippen LogP contribution in [0.5, 0.6) is 0 Å². The Morgan fingerprint density at radius 3 is 2.63 bits per heavy atom. The Kier molecular flexibility index (Phi) is 3.78. The summed E-state index contributed by atoms with van der Waals surface area (Å²) in [6.45, 7) is 1.76. The zero-order chi connectivity index (χ0) is 14.2. The van der Waals surface area contributed by atoms with Gasteiger partial charge in [0, 0.05) is 6.07 Å². The van der Waals surface area contributed by atoms with Gasteiger partial charge in [0.25, 0.3) is 0 Å². The summed E-state index contributed by atoms with van der Waals surface area (Å²) >= 11 is 11.6. The molecule has 0 aliphatic carbocycles. The summed E-state index contributed by atoms with van der Waals surface area (Å²) < 4.78 is 14.6. The van der Waals surface area contributed by atoms with Gasteiger partial charge in [0.05, 0.1) is 16.4 Å². The molecule has 2 rings (SSSR count). The quantitative estimate of drug-likeness (QED) is 0.943. The lowest BCUT2D eigenvalue weighted by atomic mass is 10.2. The summed E-state index contributed by atoms with van der Waals surface area (Å²) in [6, 6.07) is 4.01. The Morgan fingerprint density at radius 1 is 1.47 bits per heavy atom. The number of rotatable bonds is 3. The van der Waals surface area contributed by atoms with Gasteiger partial charge in [-0.25, -0.2) is 13.9 Å². The minimum Gasteiger partial charge on any atom is -0.478 e. The molecule has 0 amide bonds. The summed E-state index contributed by atoms with van der Waals surface area (Å²) in [6.07, 6.45) is 0.407. The van der Waals surface area contributed by atoms with E-state index >= 15 is 0 Å². The van der Waals surface area contributed by atoms with Crippen LogP contribution >= 0.6 is 23.2 Å². The number of carbonyl (C=O) groups is 1. The van der Waals surface area contributed by atoms with Crippen LogP contribution in [-0.4, -0.2) is 20.9 Å². The number of carboxylic acids is 1. The maximum Gasteiger partial charge on any atom is 0.340 e. The number of hydrogen-bond acceptors (Lipinski definition) is 2. The van der Waals surface area contributed by atoms with Gasteiger partial charge in [-0.2, -0.15) is 5.10 Å². The van der Waals surface area contributed by atoms with Crippen LogP contribution in [0.1, 0.15) is 23.0 Å². The molecule has 0 aliphatic heterocycles. The van der Waals surface area contributed by atoms with E-state index in [9.17, 15) is 9.18 Å². The molecule has 0 aliphatic rings. The monoisotopic (exact) mass is 302 g/mol. The molecule has 2 aromatic rings. The Bertz CT molecular complexity index is 655. The first-order chi connectivity index (χ1) is 8.95. The predicted molar refractivity (Wildman–Crippen MR) is 69.9 cm³/mol. The molecule has 0 bridgehead atoms. The van der Waals surface area contributed by atoms with Crippen molar-refractivity contribution in [3.8, 4) is 5.69 Å². The fourth-order valence-corrected chi connectivity index (χ4v) is 2.13. The molecule has 7 heteroatoms. The number of benzene rings is 1. The average Bonchev–Trinajstić information content (AvgIpc) is 2.70. The zero-order valence-corrected chi connectivity index (χ0v) is 11.3. The molecule has 1 N–H and O–H groups in total. The molecule has 0 radical (unpaired) electrons. The van der Waals surface area contributed by atoms with Crippen LogP contribution in [0.4, 0.5) is 4.39 Å². The number of aromatic nitrogens is 2. The maximum absolute atomic E-state index is 13.4. The van der Waals surface area contributed by atoms with E-state index in [1.165, 1.54) is 16.8 Å². The molecule has 19 heavy (non-hydrogen) atoms. The van der Waals surface area contributed by atoms with Crippen molar-refractivity contribution >= 4 is 29.2 Å². The molecule has 0 spiro atoms. The summed E-state index contributed by atoms with van der Waals surface area (Å²) in [5, 5.41) is 13.1. The second-order valence-corrected chi connectivity index (χ2v) is 4.55. The second-order valence-electron chi connectivity index (χ2n) is 3.78. The Hall–Kier alpha value is -1.59. The van der Waals surface area contributed by atoms with Crippen molar-refractivity contribution < 1.29 is 14.3 Å². The van der Waals surface area contributed by atoms with E-state index in [-0.39, 0.29) is 15.7 Å². The van der Waals surface area contributed by atoms with Crippen molar-refractivity contribution in [2.45, 2.75) is 13.3 Å². The van der Waals surface area contributed by atoms with E-state index in [1.54, 1.807) is 6.92 Å². The van der Waals surface area contributed by atoms with E-state index in [1.807, 2.05) is 0 Å². The molecule has 0 saturated heterocycles. The first kappa shape index (κ1) is 13.8. The van der Waals surface area contributed by atoms with Crippen LogP contribution in [0, 0.1) is 5.82 Å². The number of aryl methyl sites for hydroxylation is 1. The first-order valence-electron chi connectivity index (χ1n) is 5.41. The van der Waals surface area contributed by atoms with E-state index in [2.05, 4.69) is 5.10 Å². The zero-order valence-electron chi connectivity index (χ0n) is 9.82. The van der Waals surface area contributed by atoms with Gasteiger partial charge in [-0.3, -0.25) is 0 Å². The van der Waals surface area contributed by atoms with E-state index in [0.29, 0.717) is 17.8 Å². The van der Waals surface area contributed by atoms with Gasteiger partial charge in [0.1, 0.15) is 16.5 Å². The SMILES string of the molecule is CCc1nn(-c2ccc(Cl)c(F)c2)c(Cl)c1C(=O)O. The highest BCUT2D eigenvalue weighted by molar-refractivity contribution is 6.33. The van der Waals surface area contributed by atoms with Crippen LogP contribution in [-0.2, 0) is 6.42 Å². The summed E-state index contributed by atoms with van der Waals surface area (Å²) in [7, 11) is 0. The van der Waals surface area contributed by atoms with E-state index in [0.717, 1.165) is 6.07 Å². The third-order valence-corrected chi connectivity index (χ3v) is 3.25. The van der Waals surface area contributed by atoms with Crippen LogP contribution < -0.4 is 0 Å². The lowest BCUT2D eigenvalue weighted by molar-refractivity contribution is 0.0696. The van der Waals surface area contributed by atoms with Crippen molar-refractivity contribution in [2.24, 2.45) is 0 Å². The number of nitrogens with zero attached hydrogens (tertiary/aromatic N) is 2. The highest BCUT2D eigenvalue weighted by Gasteiger charge is 2.22. The minimum absolute atomic E-state index is 0.0267. The maximum atomic E-state index is 13.4. The molecule has 4 nitrogen and oxygen atoms in total. The Balaban J connectivity index is 2.62. The van der Waals surface area contributed by atoms with Crippen molar-refractivity contribution in [1.82, 2.24) is 9.78 Å². The van der Waals surface area contributed by atoms with Crippen LogP contribution in [0.15, 0.2) is 18.2 Å². The number of aromatic carboxylic acids is 1. The number of carboxylic acid groups (broad SMARTS) is 1. The van der Waals surface area contributed by atoms with Gasteiger partial charge in [0.15, 0.2) is 0 Å². The summed E-state index contributed by atoms with van der Waals surface area (Å²) in [5.41, 5.74) is 0.585. The minimum atomic E-state index is -1.16. The van der Waals surface area contributed by atoms with E-state index in [4.69, 9.17) is 28.3 Å². The molecule has 1 heterocycles. The molecular weight excluding hydrogens is 294 g/mol. The lowest BCUT2D eigenvalue weighted by Crippen LogP contribution is -2.00. The molecule has 0 saturated carbocycles. The molecule has 0 atom stereocenters. The van der Waals surface area contributed by atoms with Crippen LogP contribution in [0.3, 0.4) is 0 Å². The largest absolute Gasteiger partial charge is 0.478 e. The highest BCUT2D eigenvalue weighted by Crippen LogP contribution is 2.26. The fourth-order valence-electron chi connectivity index (χ4n) is 1.69. The molecule has 100 valence electrons. The molecular formula is C12H9Cl2FN2O2. The molecule has 0 fully saturated rings. The Morgan fingerprint density at radius 2 is 2.16 bits per heavy atom. The molecule has 0 unspecified atom stereocenters. The van der Waals surface area contributed by atoms with Crippen molar-refractivity contribution in [1.29, 1.82) is 0 Å². The van der Waals surface area contributed by atoms with Crippen molar-refractivity contribution in [3.63, 3.8) is 0 Å². The second kappa shape index (κ2) is 5.19. The third-order valence-electron chi connectivity index (χ3n) is 2.60.